The van der Waals surface area contributed by atoms with Crippen LogP contribution in [0.25, 0.3) is 0 Å². The zero-order valence-corrected chi connectivity index (χ0v) is 11.3. The second-order valence-corrected chi connectivity index (χ2v) is 5.64. The van der Waals surface area contributed by atoms with Crippen LogP contribution in [0.3, 0.4) is 0 Å². The molecule has 0 fully saturated rings. The van der Waals surface area contributed by atoms with Crippen molar-refractivity contribution in [1.82, 2.24) is 19.9 Å². The summed E-state index contributed by atoms with van der Waals surface area (Å²) in [5, 5.41) is -0.277. The number of hydrogen-bond donors (Lipinski definition) is 2. The third-order valence-corrected chi connectivity index (χ3v) is 3.79. The average molecular weight is 308 g/mol. The third-order valence-electron chi connectivity index (χ3n) is 1.96. The minimum Gasteiger partial charge on any atom is -0.332 e. The molecule has 0 unspecified atom stereocenters. The smallest absolute Gasteiger partial charge is 0.279 e. The van der Waals surface area contributed by atoms with Crippen LogP contribution < -0.4 is 4.72 Å². The fraction of sp³-hybridized carbons (Fsp3) is 0.125. The van der Waals surface area contributed by atoms with Crippen LogP contribution in [0.5, 0.6) is 0 Å². The van der Waals surface area contributed by atoms with Crippen LogP contribution in [0.4, 0.5) is 5.69 Å². The van der Waals surface area contributed by atoms with Crippen LogP contribution in [-0.4, -0.2) is 28.4 Å². The normalized spacial score (nSPS) is 11.5. The Morgan fingerprint density at radius 3 is 2.33 bits per heavy atom. The van der Waals surface area contributed by atoms with Gasteiger partial charge in [-0.05, 0) is 6.92 Å². The number of aromatic nitrogens is 4. The highest BCUT2D eigenvalue weighted by atomic mass is 35.5. The van der Waals surface area contributed by atoms with E-state index < -0.39 is 10.0 Å². The zero-order chi connectivity index (χ0) is 13.3. The monoisotopic (exact) mass is 307 g/mol. The highest BCUT2D eigenvalue weighted by Gasteiger charge is 2.20. The molecular weight excluding hydrogens is 301 g/mol. The molecule has 0 saturated heterocycles. The van der Waals surface area contributed by atoms with E-state index in [-0.39, 0.29) is 21.0 Å². The van der Waals surface area contributed by atoms with Crippen molar-refractivity contribution in [1.29, 1.82) is 0 Å². The van der Waals surface area contributed by atoms with Crippen molar-refractivity contribution >= 4 is 38.9 Å². The minimum atomic E-state index is -3.85. The molecule has 0 aromatic carbocycles. The third kappa shape index (κ3) is 2.55. The number of nitrogens with one attached hydrogen (secondary N) is 2. The van der Waals surface area contributed by atoms with Crippen molar-refractivity contribution in [3.8, 4) is 0 Å². The lowest BCUT2D eigenvalue weighted by Gasteiger charge is -2.07. The number of aromatic amines is 1. The highest BCUT2D eigenvalue weighted by Crippen LogP contribution is 2.27. The number of nitrogens with zero attached hydrogens (tertiary/aromatic N) is 3. The van der Waals surface area contributed by atoms with Gasteiger partial charge < -0.3 is 4.98 Å². The minimum absolute atomic E-state index is 0.0758. The fourth-order valence-corrected chi connectivity index (χ4v) is 2.72. The summed E-state index contributed by atoms with van der Waals surface area (Å²) >= 11 is 11.5. The molecule has 96 valence electrons. The average Bonchev–Trinajstić information content (AvgIpc) is 2.71. The van der Waals surface area contributed by atoms with Gasteiger partial charge in [0.15, 0.2) is 15.3 Å². The van der Waals surface area contributed by atoms with Crippen molar-refractivity contribution in [2.24, 2.45) is 0 Å². The van der Waals surface area contributed by atoms with Gasteiger partial charge in [0.1, 0.15) is 17.8 Å². The maximum absolute atomic E-state index is 12.0. The topological polar surface area (TPSA) is 101 Å². The quantitative estimate of drug-likeness (QED) is 0.839. The van der Waals surface area contributed by atoms with E-state index in [2.05, 4.69) is 24.7 Å². The number of hydrogen-bond acceptors (Lipinski definition) is 5. The first-order valence-corrected chi connectivity index (χ1v) is 6.84. The van der Waals surface area contributed by atoms with Gasteiger partial charge in [0.2, 0.25) is 0 Å². The molecule has 2 rings (SSSR count). The van der Waals surface area contributed by atoms with Crippen molar-refractivity contribution < 1.29 is 8.42 Å². The molecule has 0 saturated carbocycles. The van der Waals surface area contributed by atoms with Gasteiger partial charge in [0, 0.05) is 0 Å². The molecule has 0 aliphatic carbocycles. The van der Waals surface area contributed by atoms with Crippen LogP contribution >= 0.6 is 23.2 Å². The molecule has 0 atom stereocenters. The Balaban J connectivity index is 2.40. The summed E-state index contributed by atoms with van der Waals surface area (Å²) in [5.41, 5.74) is -0.0758. The van der Waals surface area contributed by atoms with Gasteiger partial charge in [-0.25, -0.2) is 15.0 Å². The van der Waals surface area contributed by atoms with Gasteiger partial charge in [-0.2, -0.15) is 8.42 Å². The zero-order valence-electron chi connectivity index (χ0n) is 8.98. The van der Waals surface area contributed by atoms with E-state index in [4.69, 9.17) is 23.2 Å². The number of sulfonamides is 1. The summed E-state index contributed by atoms with van der Waals surface area (Å²) in [5.74, 6) is 0.469. The van der Waals surface area contributed by atoms with Crippen LogP contribution in [-0.2, 0) is 10.0 Å². The Morgan fingerprint density at radius 1 is 1.22 bits per heavy atom. The molecule has 0 amide bonds. The first-order valence-electron chi connectivity index (χ1n) is 4.60. The van der Waals surface area contributed by atoms with E-state index in [0.717, 1.165) is 6.33 Å². The molecule has 7 nitrogen and oxygen atoms in total. The van der Waals surface area contributed by atoms with E-state index in [9.17, 15) is 8.42 Å². The summed E-state index contributed by atoms with van der Waals surface area (Å²) in [6.45, 7) is 1.63. The summed E-state index contributed by atoms with van der Waals surface area (Å²) in [4.78, 5) is 13.7. The number of anilines is 1. The number of rotatable bonds is 3. The van der Waals surface area contributed by atoms with Gasteiger partial charge in [0.05, 0.1) is 6.20 Å². The van der Waals surface area contributed by atoms with Crippen molar-refractivity contribution in [3.63, 3.8) is 0 Å². The summed E-state index contributed by atoms with van der Waals surface area (Å²) in [6, 6.07) is 0. The molecule has 2 heterocycles. The largest absolute Gasteiger partial charge is 0.332 e. The number of aryl methyl sites for hydroxylation is 1. The highest BCUT2D eigenvalue weighted by molar-refractivity contribution is 7.92. The predicted molar refractivity (Wildman–Crippen MR) is 66.2 cm³/mol. The van der Waals surface area contributed by atoms with E-state index in [1.165, 1.54) is 6.20 Å². The van der Waals surface area contributed by atoms with Gasteiger partial charge in [0.25, 0.3) is 10.0 Å². The molecule has 18 heavy (non-hydrogen) atoms. The first-order chi connectivity index (χ1) is 8.40. The molecule has 2 aromatic heterocycles. The molecule has 2 aromatic rings. The molecule has 0 aliphatic rings. The van der Waals surface area contributed by atoms with Crippen LogP contribution in [0.2, 0.25) is 10.3 Å². The van der Waals surface area contributed by atoms with Crippen LogP contribution in [0, 0.1) is 6.92 Å². The van der Waals surface area contributed by atoms with Gasteiger partial charge in [-0.1, -0.05) is 23.2 Å². The van der Waals surface area contributed by atoms with Crippen molar-refractivity contribution in [3.05, 3.63) is 28.7 Å². The van der Waals surface area contributed by atoms with Crippen LogP contribution in [0.15, 0.2) is 17.6 Å². The molecule has 0 radical (unpaired) electrons. The van der Waals surface area contributed by atoms with E-state index in [0.29, 0.717) is 5.82 Å². The van der Waals surface area contributed by atoms with Gasteiger partial charge in [-0.3, -0.25) is 4.72 Å². The number of imidazole rings is 1. The second kappa shape index (κ2) is 4.71. The number of halogens is 2. The summed E-state index contributed by atoms with van der Waals surface area (Å²) in [6.07, 6.45) is 2.31. The fourth-order valence-electron chi connectivity index (χ4n) is 1.15. The lowest BCUT2D eigenvalue weighted by Crippen LogP contribution is -2.14. The standard InChI is InChI=1S/C8H7Cl2N5O2S/c1-4-11-2-5(14-4)18(16,17)15-6-7(9)12-3-13-8(6)10/h2-3,15H,1H3,(H,11,14). The number of H-pyrrole nitrogens is 1. The Hall–Kier alpha value is -1.38. The van der Waals surface area contributed by atoms with Gasteiger partial charge >= 0.3 is 0 Å². The van der Waals surface area contributed by atoms with E-state index in [1.54, 1.807) is 6.92 Å². The lowest BCUT2D eigenvalue weighted by atomic mass is 10.6. The SMILES string of the molecule is Cc1ncc(S(=O)(=O)Nc2c(Cl)ncnc2Cl)[nH]1. The maximum Gasteiger partial charge on any atom is 0.279 e. The second-order valence-electron chi connectivity index (χ2n) is 3.27. The van der Waals surface area contributed by atoms with E-state index >= 15 is 0 Å². The van der Waals surface area contributed by atoms with Crippen molar-refractivity contribution in [2.75, 3.05) is 4.72 Å². The molecular formula is C8H7Cl2N5O2S. The Bertz CT molecular complexity index is 664. The first kappa shape index (κ1) is 13.1. The Morgan fingerprint density at radius 2 is 1.83 bits per heavy atom. The Kier molecular flexibility index (Phi) is 3.42. The Labute approximate surface area is 113 Å². The lowest BCUT2D eigenvalue weighted by molar-refractivity contribution is 0.598. The predicted octanol–water partition coefficient (Wildman–Crippen LogP) is 1.62. The molecule has 0 aliphatic heterocycles. The van der Waals surface area contributed by atoms with Gasteiger partial charge in [-0.15, -0.1) is 0 Å². The van der Waals surface area contributed by atoms with Crippen molar-refractivity contribution in [2.45, 2.75) is 11.9 Å². The molecule has 0 spiro atoms. The molecule has 2 N–H and O–H groups in total. The molecule has 0 bridgehead atoms. The maximum atomic E-state index is 12.0. The van der Waals surface area contributed by atoms with E-state index in [1.807, 2.05) is 0 Å². The van der Waals surface area contributed by atoms with Crippen LogP contribution in [0.1, 0.15) is 5.82 Å². The summed E-state index contributed by atoms with van der Waals surface area (Å²) < 4.78 is 26.1. The summed E-state index contributed by atoms with van der Waals surface area (Å²) in [7, 11) is -3.85. The molecule has 10 heteroatoms.